The Hall–Kier alpha value is -1.22. The Morgan fingerprint density at radius 3 is 2.54 bits per heavy atom. The molecule has 1 nitrogen and oxygen atoms in total. The van der Waals surface area contributed by atoms with E-state index in [0.29, 0.717) is 10.0 Å². The molecule has 1 unspecified atom stereocenters. The van der Waals surface area contributed by atoms with Gasteiger partial charge in [0, 0.05) is 21.5 Å². The second-order valence-electron chi connectivity index (χ2n) is 6.01. The van der Waals surface area contributed by atoms with Crippen LogP contribution in [0.5, 0.6) is 5.75 Å². The minimum atomic E-state index is -0.0610. The quantitative estimate of drug-likeness (QED) is 0.397. The predicted octanol–water partition coefficient (Wildman–Crippen LogP) is 7.20. The summed E-state index contributed by atoms with van der Waals surface area (Å²) in [6.07, 6.45) is 0.904. The van der Waals surface area contributed by atoms with Crippen molar-refractivity contribution in [3.8, 4) is 16.9 Å². The predicted molar refractivity (Wildman–Crippen MR) is 106 cm³/mol. The number of rotatable bonds is 2. The van der Waals surface area contributed by atoms with Crippen LogP contribution >= 0.6 is 39.1 Å². The highest BCUT2D eigenvalue weighted by Crippen LogP contribution is 2.49. The normalized spacial score (nSPS) is 15.8. The molecule has 0 spiro atoms. The number of aryl methyl sites for hydroxylation is 1. The lowest BCUT2D eigenvalue weighted by atomic mass is 9.86. The third-order valence-electron chi connectivity index (χ3n) is 4.54. The fourth-order valence-corrected chi connectivity index (χ4v) is 4.52. The van der Waals surface area contributed by atoms with Crippen LogP contribution in [0.2, 0.25) is 10.0 Å². The van der Waals surface area contributed by atoms with Crippen molar-refractivity contribution in [3.05, 3.63) is 63.6 Å². The summed E-state index contributed by atoms with van der Waals surface area (Å²) in [4.78, 5) is 0. The average Bonchev–Trinajstić information content (AvgIpc) is 2.56. The molecule has 0 fully saturated rings. The molecule has 0 aliphatic carbocycles. The Bertz CT molecular complexity index is 952. The SMILES string of the molecule is CC1Oc2c(Cl)cc(Cl)cc2-c2cc(CCBr)c3ccccc3c21. The number of halogens is 3. The number of hydrogen-bond donors (Lipinski definition) is 0. The Labute approximate surface area is 159 Å². The van der Waals surface area contributed by atoms with E-state index in [0.717, 1.165) is 23.1 Å². The van der Waals surface area contributed by atoms with E-state index >= 15 is 0 Å². The summed E-state index contributed by atoms with van der Waals surface area (Å²) in [5.41, 5.74) is 4.66. The van der Waals surface area contributed by atoms with Gasteiger partial charge in [-0.3, -0.25) is 0 Å². The first-order valence-corrected chi connectivity index (χ1v) is 9.74. The number of fused-ring (bicyclic) bond motifs is 5. The molecule has 4 heteroatoms. The van der Waals surface area contributed by atoms with E-state index in [4.69, 9.17) is 27.9 Å². The average molecular weight is 422 g/mol. The maximum Gasteiger partial charge on any atom is 0.146 e. The van der Waals surface area contributed by atoms with Gasteiger partial charge in [-0.05, 0) is 53.4 Å². The highest BCUT2D eigenvalue weighted by Gasteiger charge is 2.28. The fraction of sp³-hybridized carbons (Fsp3) is 0.200. The zero-order valence-electron chi connectivity index (χ0n) is 13.1. The summed E-state index contributed by atoms with van der Waals surface area (Å²) < 4.78 is 6.15. The van der Waals surface area contributed by atoms with Gasteiger partial charge >= 0.3 is 0 Å². The van der Waals surface area contributed by atoms with Gasteiger partial charge in [-0.15, -0.1) is 0 Å². The summed E-state index contributed by atoms with van der Waals surface area (Å²) >= 11 is 16.2. The Morgan fingerprint density at radius 2 is 1.79 bits per heavy atom. The van der Waals surface area contributed by atoms with E-state index in [9.17, 15) is 0 Å². The Morgan fingerprint density at radius 1 is 1.04 bits per heavy atom. The molecule has 3 aromatic rings. The van der Waals surface area contributed by atoms with Crippen LogP contribution in [0.15, 0.2) is 42.5 Å². The second kappa shape index (κ2) is 6.25. The van der Waals surface area contributed by atoms with E-state index in [1.165, 1.54) is 27.5 Å². The van der Waals surface area contributed by atoms with Gasteiger partial charge in [0.1, 0.15) is 11.9 Å². The van der Waals surface area contributed by atoms with Gasteiger partial charge in [-0.1, -0.05) is 63.4 Å². The molecule has 0 aromatic heterocycles. The van der Waals surface area contributed by atoms with Crippen molar-refractivity contribution in [2.24, 2.45) is 0 Å². The third-order valence-corrected chi connectivity index (χ3v) is 5.43. The highest BCUT2D eigenvalue weighted by molar-refractivity contribution is 9.09. The van der Waals surface area contributed by atoms with Crippen LogP contribution in [0.1, 0.15) is 24.2 Å². The van der Waals surface area contributed by atoms with Crippen LogP contribution in [0.25, 0.3) is 21.9 Å². The summed E-state index contributed by atoms with van der Waals surface area (Å²) in [6, 6.07) is 14.5. The van der Waals surface area contributed by atoms with Crippen LogP contribution in [-0.2, 0) is 6.42 Å². The first kappa shape index (κ1) is 16.3. The molecule has 3 aromatic carbocycles. The van der Waals surface area contributed by atoms with Gasteiger partial charge in [0.15, 0.2) is 0 Å². The van der Waals surface area contributed by atoms with Crippen molar-refractivity contribution >= 4 is 49.9 Å². The number of ether oxygens (including phenoxy) is 1. The van der Waals surface area contributed by atoms with Crippen molar-refractivity contribution in [1.29, 1.82) is 0 Å². The molecule has 1 atom stereocenters. The van der Waals surface area contributed by atoms with E-state index in [-0.39, 0.29) is 6.10 Å². The van der Waals surface area contributed by atoms with Crippen molar-refractivity contribution in [2.45, 2.75) is 19.4 Å². The van der Waals surface area contributed by atoms with E-state index in [1.807, 2.05) is 6.07 Å². The van der Waals surface area contributed by atoms with Crippen LogP contribution in [-0.4, -0.2) is 5.33 Å². The van der Waals surface area contributed by atoms with Crippen LogP contribution in [0.4, 0.5) is 0 Å². The molecule has 0 saturated carbocycles. The zero-order valence-corrected chi connectivity index (χ0v) is 16.2. The topological polar surface area (TPSA) is 9.23 Å². The fourth-order valence-electron chi connectivity index (χ4n) is 3.56. The first-order chi connectivity index (χ1) is 11.6. The van der Waals surface area contributed by atoms with Crippen LogP contribution in [0, 0.1) is 0 Å². The van der Waals surface area contributed by atoms with Crippen LogP contribution in [0.3, 0.4) is 0 Å². The molecule has 0 radical (unpaired) electrons. The lowest BCUT2D eigenvalue weighted by Crippen LogP contribution is -2.13. The van der Waals surface area contributed by atoms with Gasteiger partial charge in [-0.2, -0.15) is 0 Å². The van der Waals surface area contributed by atoms with Crippen molar-refractivity contribution in [2.75, 3.05) is 5.33 Å². The summed E-state index contributed by atoms with van der Waals surface area (Å²) in [7, 11) is 0. The molecule has 0 amide bonds. The van der Waals surface area contributed by atoms with Crippen molar-refractivity contribution in [3.63, 3.8) is 0 Å². The molecular weight excluding hydrogens is 407 g/mol. The summed E-state index contributed by atoms with van der Waals surface area (Å²) in [6.45, 7) is 2.07. The molecule has 1 heterocycles. The molecular formula is C20H15BrCl2O. The lowest BCUT2D eigenvalue weighted by molar-refractivity contribution is 0.225. The van der Waals surface area contributed by atoms with E-state index in [2.05, 4.69) is 53.2 Å². The molecule has 4 rings (SSSR count). The van der Waals surface area contributed by atoms with Crippen molar-refractivity contribution < 1.29 is 4.74 Å². The Balaban J connectivity index is 2.11. The molecule has 1 aliphatic rings. The standard InChI is InChI=1S/C20H15BrCl2O/c1-11-19-15-5-3-2-4-14(15)12(6-7-21)8-16(19)17-9-13(22)10-18(23)20(17)24-11/h2-5,8-11H,6-7H2,1H3. The number of alkyl halides is 1. The molecule has 24 heavy (non-hydrogen) atoms. The van der Waals surface area contributed by atoms with Gasteiger partial charge in [0.25, 0.3) is 0 Å². The van der Waals surface area contributed by atoms with Gasteiger partial charge < -0.3 is 4.74 Å². The van der Waals surface area contributed by atoms with Gasteiger partial charge in [0.2, 0.25) is 0 Å². The minimum absolute atomic E-state index is 0.0610. The van der Waals surface area contributed by atoms with Gasteiger partial charge in [0.05, 0.1) is 5.02 Å². The second-order valence-corrected chi connectivity index (χ2v) is 7.64. The Kier molecular flexibility index (Phi) is 4.24. The number of hydrogen-bond acceptors (Lipinski definition) is 1. The lowest BCUT2D eigenvalue weighted by Gasteiger charge is -2.29. The summed E-state index contributed by atoms with van der Waals surface area (Å²) in [5, 5.41) is 4.62. The largest absolute Gasteiger partial charge is 0.484 e. The maximum atomic E-state index is 6.38. The highest BCUT2D eigenvalue weighted by atomic mass is 79.9. The van der Waals surface area contributed by atoms with Crippen LogP contribution < -0.4 is 4.74 Å². The smallest absolute Gasteiger partial charge is 0.146 e. The molecule has 0 N–H and O–H groups in total. The maximum absolute atomic E-state index is 6.38. The molecule has 0 saturated heterocycles. The summed E-state index contributed by atoms with van der Waals surface area (Å²) in [5.74, 6) is 0.723. The van der Waals surface area contributed by atoms with E-state index < -0.39 is 0 Å². The third kappa shape index (κ3) is 2.52. The molecule has 1 aliphatic heterocycles. The molecule has 0 bridgehead atoms. The first-order valence-electron chi connectivity index (χ1n) is 7.86. The zero-order chi connectivity index (χ0) is 16.8. The number of benzene rings is 3. The van der Waals surface area contributed by atoms with Crippen molar-refractivity contribution in [1.82, 2.24) is 0 Å². The van der Waals surface area contributed by atoms with E-state index in [1.54, 1.807) is 6.07 Å². The minimum Gasteiger partial charge on any atom is -0.484 e. The van der Waals surface area contributed by atoms with Gasteiger partial charge in [-0.25, -0.2) is 0 Å². The monoisotopic (exact) mass is 420 g/mol. The molecule has 122 valence electrons.